The molecule has 6 heteroatoms. The normalized spacial score (nSPS) is 17.8. The zero-order chi connectivity index (χ0) is 18.8. The van der Waals surface area contributed by atoms with Crippen LogP contribution in [0.4, 0.5) is 0 Å². The fraction of sp³-hybridized carbons (Fsp3) is 0.273. The van der Waals surface area contributed by atoms with Crippen molar-refractivity contribution in [1.29, 1.82) is 0 Å². The Bertz CT molecular complexity index is 1060. The van der Waals surface area contributed by atoms with E-state index >= 15 is 0 Å². The summed E-state index contributed by atoms with van der Waals surface area (Å²) in [7, 11) is 0. The van der Waals surface area contributed by atoms with Crippen molar-refractivity contribution in [3.05, 3.63) is 78.8 Å². The van der Waals surface area contributed by atoms with E-state index in [9.17, 15) is 0 Å². The largest absolute Gasteiger partial charge is 0.298 e. The molecule has 4 aromatic rings. The molecule has 0 aliphatic carbocycles. The van der Waals surface area contributed by atoms with E-state index in [1.807, 2.05) is 47.5 Å². The molecular weight excluding hydrogens is 348 g/mol. The van der Waals surface area contributed by atoms with Crippen LogP contribution in [0.1, 0.15) is 30.1 Å². The van der Waals surface area contributed by atoms with Crippen molar-refractivity contribution in [2.75, 3.05) is 13.1 Å². The SMILES string of the molecule is c1cncc(CN2CCCC(c3nc4ccc(-c5cccnc5)cn4n3)C2)c1. The summed E-state index contributed by atoms with van der Waals surface area (Å²) >= 11 is 0. The fourth-order valence-corrected chi connectivity index (χ4v) is 3.94. The topological polar surface area (TPSA) is 59.2 Å². The number of pyridine rings is 3. The number of fused-ring (bicyclic) bond motifs is 1. The Morgan fingerprint density at radius 1 is 0.964 bits per heavy atom. The van der Waals surface area contributed by atoms with Crippen LogP contribution in [0.15, 0.2) is 67.4 Å². The predicted molar refractivity (Wildman–Crippen MR) is 108 cm³/mol. The number of aromatic nitrogens is 5. The lowest BCUT2D eigenvalue weighted by molar-refractivity contribution is 0.196. The predicted octanol–water partition coefficient (Wildman–Crippen LogP) is 3.57. The molecule has 5 heterocycles. The van der Waals surface area contributed by atoms with Crippen molar-refractivity contribution in [3.63, 3.8) is 0 Å². The first-order valence-electron chi connectivity index (χ1n) is 9.73. The van der Waals surface area contributed by atoms with Gasteiger partial charge in [0, 0.05) is 61.1 Å². The van der Waals surface area contributed by atoms with Crippen LogP contribution in [0, 0.1) is 0 Å². The van der Waals surface area contributed by atoms with E-state index in [1.54, 1.807) is 6.20 Å². The molecule has 1 aliphatic heterocycles. The Labute approximate surface area is 163 Å². The second kappa shape index (κ2) is 7.48. The summed E-state index contributed by atoms with van der Waals surface area (Å²) in [5, 5.41) is 4.81. The van der Waals surface area contributed by atoms with Crippen molar-refractivity contribution in [3.8, 4) is 11.1 Å². The average Bonchev–Trinajstić information content (AvgIpc) is 3.19. The van der Waals surface area contributed by atoms with Crippen LogP contribution >= 0.6 is 0 Å². The van der Waals surface area contributed by atoms with E-state index in [-0.39, 0.29) is 0 Å². The van der Waals surface area contributed by atoms with Crippen LogP contribution in [-0.2, 0) is 6.54 Å². The van der Waals surface area contributed by atoms with Crippen molar-refractivity contribution < 1.29 is 0 Å². The van der Waals surface area contributed by atoms with Gasteiger partial charge in [0.25, 0.3) is 0 Å². The first-order chi connectivity index (χ1) is 13.8. The number of hydrogen-bond donors (Lipinski definition) is 0. The van der Waals surface area contributed by atoms with Gasteiger partial charge >= 0.3 is 0 Å². The van der Waals surface area contributed by atoms with Crippen molar-refractivity contribution in [2.45, 2.75) is 25.3 Å². The molecule has 0 spiro atoms. The lowest BCUT2D eigenvalue weighted by Crippen LogP contribution is -2.34. The smallest absolute Gasteiger partial charge is 0.156 e. The molecule has 1 unspecified atom stereocenters. The van der Waals surface area contributed by atoms with Gasteiger partial charge in [-0.2, -0.15) is 5.10 Å². The van der Waals surface area contributed by atoms with E-state index in [4.69, 9.17) is 10.1 Å². The molecule has 0 saturated carbocycles. The maximum Gasteiger partial charge on any atom is 0.156 e. The van der Waals surface area contributed by atoms with Crippen LogP contribution in [0.5, 0.6) is 0 Å². The average molecular weight is 370 g/mol. The van der Waals surface area contributed by atoms with Gasteiger partial charge in [0.2, 0.25) is 0 Å². The van der Waals surface area contributed by atoms with Gasteiger partial charge < -0.3 is 0 Å². The van der Waals surface area contributed by atoms with Crippen LogP contribution in [0.25, 0.3) is 16.8 Å². The van der Waals surface area contributed by atoms with Crippen LogP contribution in [-0.4, -0.2) is 42.6 Å². The summed E-state index contributed by atoms with van der Waals surface area (Å²) in [6.07, 6.45) is 11.8. The zero-order valence-electron chi connectivity index (χ0n) is 15.6. The zero-order valence-corrected chi connectivity index (χ0v) is 15.6. The maximum absolute atomic E-state index is 4.81. The lowest BCUT2D eigenvalue weighted by atomic mass is 9.97. The molecule has 6 nitrogen and oxygen atoms in total. The summed E-state index contributed by atoms with van der Waals surface area (Å²) in [6.45, 7) is 3.04. The molecule has 0 N–H and O–H groups in total. The van der Waals surface area contributed by atoms with E-state index in [0.29, 0.717) is 5.92 Å². The highest BCUT2D eigenvalue weighted by Gasteiger charge is 2.24. The molecule has 5 rings (SSSR count). The Morgan fingerprint density at radius 3 is 2.68 bits per heavy atom. The molecule has 1 fully saturated rings. The molecule has 0 radical (unpaired) electrons. The molecule has 1 atom stereocenters. The van der Waals surface area contributed by atoms with Gasteiger partial charge in [-0.3, -0.25) is 14.9 Å². The van der Waals surface area contributed by atoms with Crippen LogP contribution in [0.2, 0.25) is 0 Å². The quantitative estimate of drug-likeness (QED) is 0.550. The van der Waals surface area contributed by atoms with E-state index in [1.165, 1.54) is 12.0 Å². The van der Waals surface area contributed by atoms with Gasteiger partial charge in [0.15, 0.2) is 11.5 Å². The van der Waals surface area contributed by atoms with E-state index in [0.717, 1.165) is 48.7 Å². The third-order valence-corrected chi connectivity index (χ3v) is 5.34. The molecule has 0 bridgehead atoms. The minimum absolute atomic E-state index is 0.368. The van der Waals surface area contributed by atoms with E-state index < -0.39 is 0 Å². The number of rotatable bonds is 4. The Hall–Kier alpha value is -3.12. The van der Waals surface area contributed by atoms with Crippen LogP contribution < -0.4 is 0 Å². The number of nitrogens with zero attached hydrogens (tertiary/aromatic N) is 6. The van der Waals surface area contributed by atoms with Gasteiger partial charge in [0.05, 0.1) is 0 Å². The molecule has 28 heavy (non-hydrogen) atoms. The van der Waals surface area contributed by atoms with Crippen molar-refractivity contribution >= 4 is 5.65 Å². The van der Waals surface area contributed by atoms with Crippen molar-refractivity contribution in [2.24, 2.45) is 0 Å². The molecule has 0 amide bonds. The molecular formula is C22H22N6. The molecule has 1 saturated heterocycles. The minimum Gasteiger partial charge on any atom is -0.298 e. The highest BCUT2D eigenvalue weighted by atomic mass is 15.3. The number of hydrogen-bond acceptors (Lipinski definition) is 5. The summed E-state index contributed by atoms with van der Waals surface area (Å²) in [5.41, 5.74) is 4.33. The van der Waals surface area contributed by atoms with Gasteiger partial charge in [-0.15, -0.1) is 0 Å². The monoisotopic (exact) mass is 370 g/mol. The van der Waals surface area contributed by atoms with Crippen molar-refractivity contribution in [1.82, 2.24) is 29.5 Å². The summed E-state index contributed by atoms with van der Waals surface area (Å²) < 4.78 is 1.90. The first-order valence-corrected chi connectivity index (χ1v) is 9.73. The van der Waals surface area contributed by atoms with Crippen LogP contribution in [0.3, 0.4) is 0 Å². The standard InChI is InChI=1S/C22H22N6/c1-4-17(12-23-9-1)14-27-11-3-6-20(15-27)22-25-21-8-7-19(16-28(21)26-22)18-5-2-10-24-13-18/h1-2,4-5,7-10,12-13,16,20H,3,6,11,14-15H2. The third-order valence-electron chi connectivity index (χ3n) is 5.34. The second-order valence-electron chi connectivity index (χ2n) is 7.37. The highest BCUT2D eigenvalue weighted by Crippen LogP contribution is 2.27. The first kappa shape index (κ1) is 17.0. The molecule has 4 aromatic heterocycles. The Morgan fingerprint density at radius 2 is 1.86 bits per heavy atom. The lowest BCUT2D eigenvalue weighted by Gasteiger charge is -2.31. The number of piperidine rings is 1. The maximum atomic E-state index is 4.81. The molecule has 1 aliphatic rings. The summed E-state index contributed by atoms with van der Waals surface area (Å²) in [6, 6.07) is 12.3. The highest BCUT2D eigenvalue weighted by molar-refractivity contribution is 5.63. The number of likely N-dealkylation sites (tertiary alicyclic amines) is 1. The Kier molecular flexibility index (Phi) is 4.54. The Balaban J connectivity index is 1.36. The van der Waals surface area contributed by atoms with Gasteiger partial charge in [-0.25, -0.2) is 9.50 Å². The summed E-state index contributed by atoms with van der Waals surface area (Å²) in [4.78, 5) is 15.7. The molecule has 0 aromatic carbocycles. The summed E-state index contributed by atoms with van der Waals surface area (Å²) in [5.74, 6) is 1.31. The third kappa shape index (κ3) is 3.51. The van der Waals surface area contributed by atoms with Gasteiger partial charge in [-0.1, -0.05) is 12.1 Å². The molecule has 140 valence electrons. The van der Waals surface area contributed by atoms with Gasteiger partial charge in [-0.05, 0) is 49.2 Å². The minimum atomic E-state index is 0.368. The van der Waals surface area contributed by atoms with Gasteiger partial charge in [0.1, 0.15) is 0 Å². The second-order valence-corrected chi connectivity index (χ2v) is 7.37. The fourth-order valence-electron chi connectivity index (χ4n) is 3.94. The van der Waals surface area contributed by atoms with E-state index in [2.05, 4.69) is 33.1 Å².